The van der Waals surface area contributed by atoms with Crippen LogP contribution >= 0.6 is 0 Å². The summed E-state index contributed by atoms with van der Waals surface area (Å²) in [5, 5.41) is 12.4. The fraction of sp³-hybridized carbons (Fsp3) is 0.354. The molecule has 2 N–H and O–H groups in total. The van der Waals surface area contributed by atoms with E-state index in [1.807, 2.05) is 30.3 Å². The molecule has 0 radical (unpaired) electrons. The summed E-state index contributed by atoms with van der Waals surface area (Å²) in [6, 6.07) is 20.0. The Balaban J connectivity index is 0.737. The molecule has 5 aliphatic rings. The number of rotatable bonds is 11. The van der Waals surface area contributed by atoms with Gasteiger partial charge in [-0.25, -0.2) is 13.8 Å². The van der Waals surface area contributed by atoms with Gasteiger partial charge < -0.3 is 14.5 Å². The first-order valence-corrected chi connectivity index (χ1v) is 24.2. The van der Waals surface area contributed by atoms with Crippen LogP contribution in [-0.4, -0.2) is 127 Å². The molecule has 1 unspecified atom stereocenters. The summed E-state index contributed by atoms with van der Waals surface area (Å²) in [5.41, 5.74) is 2.22. The van der Waals surface area contributed by atoms with Crippen molar-refractivity contribution in [2.75, 3.05) is 73.4 Å². The van der Waals surface area contributed by atoms with Crippen molar-refractivity contribution in [3.8, 4) is 23.3 Å². The number of amides is 4. The number of fused-ring (bicyclic) bond motifs is 2. The fourth-order valence-corrected chi connectivity index (χ4v) is 11.1. The molecule has 4 fully saturated rings. The minimum atomic E-state index is -4.25. The van der Waals surface area contributed by atoms with Gasteiger partial charge in [0.05, 0.1) is 33.4 Å². The van der Waals surface area contributed by atoms with E-state index in [1.54, 1.807) is 18.2 Å². The van der Waals surface area contributed by atoms with Gasteiger partial charge in [0.25, 0.3) is 17.4 Å². The van der Waals surface area contributed by atoms with Crippen molar-refractivity contribution in [2.45, 2.75) is 44.3 Å². The van der Waals surface area contributed by atoms with Crippen LogP contribution in [0, 0.1) is 23.1 Å². The third-order valence-electron chi connectivity index (χ3n) is 13.6. The second-order valence-electron chi connectivity index (χ2n) is 17.9. The highest BCUT2D eigenvalue weighted by Gasteiger charge is 2.45. The van der Waals surface area contributed by atoms with Crippen LogP contribution < -0.4 is 30.1 Å². The van der Waals surface area contributed by atoms with Crippen molar-refractivity contribution in [2.24, 2.45) is 5.92 Å². The van der Waals surface area contributed by atoms with Gasteiger partial charge in [-0.3, -0.25) is 48.4 Å². The SMILES string of the molecule is N#Cc1c(NS(=O)(=O)N2CC[C@@H](F)C2)ccc(F)c1Oc1ccc2ncn(-c3ccc(N4CCC(CN5CCN(c6ccc7c(c6)C(=O)N(C6CCC(=O)NC6=O)C7=O)CC5)CC4)cc3)c(=O)c2c1. The topological polar surface area (TPSA) is 211 Å². The summed E-state index contributed by atoms with van der Waals surface area (Å²) in [6.45, 7) is 5.50. The molecule has 18 nitrogen and oxygen atoms in total. The number of imide groups is 2. The lowest BCUT2D eigenvalue weighted by atomic mass is 9.95. The normalized spacial score (nSPS) is 20.6. The van der Waals surface area contributed by atoms with Crippen LogP contribution in [0.3, 0.4) is 0 Å². The van der Waals surface area contributed by atoms with Gasteiger partial charge in [-0.1, -0.05) is 0 Å². The number of hydrogen-bond acceptors (Lipinski definition) is 13. The third-order valence-corrected chi connectivity index (χ3v) is 15.1. The number of halogens is 2. The quantitative estimate of drug-likeness (QED) is 0.177. The Hall–Kier alpha value is -7.28. The molecule has 0 bridgehead atoms. The number of aromatic nitrogens is 2. The zero-order valence-corrected chi connectivity index (χ0v) is 38.0. The number of benzene rings is 4. The predicted molar refractivity (Wildman–Crippen MR) is 249 cm³/mol. The maximum Gasteiger partial charge on any atom is 0.301 e. The van der Waals surface area contributed by atoms with E-state index in [2.05, 4.69) is 29.7 Å². The van der Waals surface area contributed by atoms with Gasteiger partial charge in [-0.15, -0.1) is 0 Å². The molecular weight excluding hydrogens is 915 g/mol. The van der Waals surface area contributed by atoms with Gasteiger partial charge in [0.15, 0.2) is 11.6 Å². The first kappa shape index (κ1) is 45.5. The second-order valence-corrected chi connectivity index (χ2v) is 19.5. The van der Waals surface area contributed by atoms with Crippen LogP contribution in [0.25, 0.3) is 16.6 Å². The van der Waals surface area contributed by atoms with Gasteiger partial charge in [0.2, 0.25) is 11.8 Å². The predicted octanol–water partition coefficient (Wildman–Crippen LogP) is 4.33. The van der Waals surface area contributed by atoms with Crippen LogP contribution in [0.4, 0.5) is 25.8 Å². The van der Waals surface area contributed by atoms with E-state index in [0.717, 1.165) is 91.4 Å². The average Bonchev–Trinajstić information content (AvgIpc) is 3.90. The smallest absolute Gasteiger partial charge is 0.301 e. The van der Waals surface area contributed by atoms with Crippen molar-refractivity contribution in [3.63, 3.8) is 0 Å². The van der Waals surface area contributed by atoms with Gasteiger partial charge in [0, 0.05) is 76.7 Å². The molecule has 2 atom stereocenters. The molecule has 1 aromatic heterocycles. The van der Waals surface area contributed by atoms with E-state index >= 15 is 4.39 Å². The summed E-state index contributed by atoms with van der Waals surface area (Å²) < 4.78 is 65.1. The number of anilines is 3. The Morgan fingerprint density at radius 1 is 0.797 bits per heavy atom. The zero-order chi connectivity index (χ0) is 48.1. The number of hydrogen-bond donors (Lipinski definition) is 2. The first-order valence-electron chi connectivity index (χ1n) is 22.8. The number of carbonyl (C=O) groups excluding carboxylic acids is 4. The lowest BCUT2D eigenvalue weighted by Gasteiger charge is -2.40. The fourth-order valence-electron chi connectivity index (χ4n) is 9.84. The number of ether oxygens (including phenoxy) is 1. The number of nitrogens with one attached hydrogen (secondary N) is 2. The van der Waals surface area contributed by atoms with Crippen molar-refractivity contribution < 1.29 is 41.1 Å². The largest absolute Gasteiger partial charge is 0.453 e. The zero-order valence-electron chi connectivity index (χ0n) is 37.1. The van der Waals surface area contributed by atoms with Gasteiger partial charge in [-0.05, 0) is 104 Å². The van der Waals surface area contributed by atoms with Crippen LogP contribution in [0.1, 0.15) is 58.4 Å². The highest BCUT2D eigenvalue weighted by atomic mass is 32.2. The molecule has 0 saturated carbocycles. The molecule has 5 aromatic rings. The summed E-state index contributed by atoms with van der Waals surface area (Å²) in [7, 11) is -4.25. The van der Waals surface area contributed by atoms with E-state index in [1.165, 1.54) is 29.1 Å². The number of piperazine rings is 1. The Labute approximate surface area is 394 Å². The maximum atomic E-state index is 15.2. The van der Waals surface area contributed by atoms with Crippen LogP contribution in [0.5, 0.6) is 11.5 Å². The van der Waals surface area contributed by atoms with Crippen molar-refractivity contribution >= 4 is 61.8 Å². The van der Waals surface area contributed by atoms with Crippen molar-refractivity contribution in [3.05, 3.63) is 112 Å². The molecule has 21 heteroatoms. The number of carbonyl (C=O) groups is 4. The van der Waals surface area contributed by atoms with Crippen molar-refractivity contribution in [1.82, 2.24) is 29.0 Å². The van der Waals surface area contributed by atoms with Gasteiger partial charge in [0.1, 0.15) is 35.9 Å². The van der Waals surface area contributed by atoms with Crippen LogP contribution in [0.2, 0.25) is 0 Å². The average molecular weight is 961 g/mol. The Bertz CT molecular complexity index is 3130. The second kappa shape index (κ2) is 18.3. The van der Waals surface area contributed by atoms with E-state index in [0.29, 0.717) is 17.1 Å². The van der Waals surface area contributed by atoms with Gasteiger partial charge in [-0.2, -0.15) is 18.0 Å². The molecule has 0 spiro atoms. The summed E-state index contributed by atoms with van der Waals surface area (Å²) in [4.78, 5) is 77.0. The monoisotopic (exact) mass is 960 g/mol. The first-order chi connectivity index (χ1) is 33.2. The molecule has 5 aliphatic heterocycles. The number of nitrogens with zero attached hydrogens (tertiary/aromatic N) is 8. The molecule has 69 heavy (non-hydrogen) atoms. The highest BCUT2D eigenvalue weighted by Crippen LogP contribution is 2.36. The van der Waals surface area contributed by atoms with E-state index in [-0.39, 0.29) is 60.3 Å². The maximum absolute atomic E-state index is 15.2. The summed E-state index contributed by atoms with van der Waals surface area (Å²) in [5.74, 6) is -3.06. The molecule has 4 amide bonds. The Kier molecular flexibility index (Phi) is 12.1. The molecule has 4 saturated heterocycles. The highest BCUT2D eigenvalue weighted by molar-refractivity contribution is 7.90. The summed E-state index contributed by atoms with van der Waals surface area (Å²) in [6.07, 6.45) is 2.33. The molecule has 10 rings (SSSR count). The van der Waals surface area contributed by atoms with E-state index < -0.39 is 68.7 Å². The third kappa shape index (κ3) is 8.86. The summed E-state index contributed by atoms with van der Waals surface area (Å²) >= 11 is 0. The molecule has 6 heterocycles. The standard InChI is InChI=1S/C48H46F2N10O8S/c49-30-15-18-58(27-30)69(66,67)54-41-10-8-39(50)44(38(41)25-51)68-34-6-9-40-37(24-34)46(63)59(28-52-40)32-3-1-31(2-4-32)56-16-13-29(14-17-56)26-55-19-21-57(22-20-55)33-5-7-35-36(23-33)48(65)60(47(35)64)42-11-12-43(61)53-45(42)62/h1-10,23-24,28-30,42,54H,11-22,26-27H2,(H,53,61,62)/t30-,42?/m1/s1. The van der Waals surface area contributed by atoms with Crippen molar-refractivity contribution in [1.29, 1.82) is 5.26 Å². The Morgan fingerprint density at radius 3 is 2.22 bits per heavy atom. The van der Waals surface area contributed by atoms with Crippen LogP contribution in [-0.2, 0) is 19.8 Å². The number of piperidine rings is 2. The van der Waals surface area contributed by atoms with E-state index in [9.17, 15) is 42.0 Å². The minimum Gasteiger partial charge on any atom is -0.453 e. The van der Waals surface area contributed by atoms with E-state index in [4.69, 9.17) is 4.74 Å². The number of alkyl halides is 1. The lowest BCUT2D eigenvalue weighted by molar-refractivity contribution is -0.136. The molecule has 4 aromatic carbocycles. The Morgan fingerprint density at radius 2 is 1.51 bits per heavy atom. The van der Waals surface area contributed by atoms with Crippen LogP contribution in [0.15, 0.2) is 83.9 Å². The molecular formula is C48H46F2N10O8S. The molecule has 356 valence electrons. The number of nitriles is 1. The lowest BCUT2D eigenvalue weighted by Crippen LogP contribution is -2.54. The van der Waals surface area contributed by atoms with Gasteiger partial charge >= 0.3 is 10.2 Å². The molecule has 0 aliphatic carbocycles. The minimum absolute atomic E-state index is 0.00605.